The lowest BCUT2D eigenvalue weighted by molar-refractivity contribution is -0.929. The molecule has 0 radical (unpaired) electrons. The van der Waals surface area contributed by atoms with Crippen molar-refractivity contribution in [2.24, 2.45) is 0 Å². The molecule has 0 spiro atoms. The number of quaternary nitrogens is 2. The minimum atomic E-state index is -1.28. The highest BCUT2D eigenvalue weighted by Gasteiger charge is 2.33. The number of nitrogens with zero attached hydrogens (tertiary/aromatic N) is 2. The maximum atomic E-state index is 6.65. The zero-order valence-corrected chi connectivity index (χ0v) is 73.5. The van der Waals surface area contributed by atoms with E-state index in [1.165, 1.54) is 255 Å². The Morgan fingerprint density at radius 1 is 0.248 bits per heavy atom. The molecule has 0 heterocycles. The molecule has 7 rings (SSSR count). The summed E-state index contributed by atoms with van der Waals surface area (Å²) in [6.07, 6.45) is 40.3. The summed E-state index contributed by atoms with van der Waals surface area (Å²) >= 11 is 39.9. The Morgan fingerprint density at radius 2 is 0.467 bits per heavy atom. The lowest BCUT2D eigenvalue weighted by Crippen LogP contribution is -2.67. The molecule has 0 aromatic heterocycles. The average molecular weight is 1550 g/mol. The number of hydrogen-bond donors (Lipinski definition) is 0. The number of halogens is 6. The van der Waals surface area contributed by atoms with Crippen molar-refractivity contribution in [3.63, 3.8) is 0 Å². The van der Waals surface area contributed by atoms with Gasteiger partial charge >= 0.3 is 0 Å². The van der Waals surface area contributed by atoms with E-state index in [-0.39, 0.29) is 0 Å². The van der Waals surface area contributed by atoms with E-state index in [0.29, 0.717) is 0 Å². The van der Waals surface area contributed by atoms with Gasteiger partial charge in [0.25, 0.3) is 0 Å². The second kappa shape index (κ2) is 51.7. The van der Waals surface area contributed by atoms with E-state index in [0.717, 1.165) is 100 Å². The van der Waals surface area contributed by atoms with E-state index in [4.69, 9.17) is 69.6 Å². The standard InChI is InChI=1S/2C27H31BCl3.C25H46N.C16H36N/c2*1-5-6-7-8-15-28(22-12-9-19(2)25(29)16-22,23-13-10-20(3)26(30)17-23)24-14-11-21(4)27(31)18-24;1-4-5-6-7-8-9-10-11-12-13-14-15-16-20-23-26(2,3)24-25-21-18-17-19-22-25;1-5-9-13-17(14-10-6-2,15-11-7-3)16-12-8-4/h2*9-14,16-18H,5-8,15H2,1-4H3;17-19,21-22H,4-16,20,23-24H2,1-3H3;5-16H2,1-4H3/q2*-1;2*+1. The van der Waals surface area contributed by atoms with Crippen LogP contribution in [0.25, 0.3) is 0 Å². The maximum absolute atomic E-state index is 6.65. The molecule has 0 aliphatic heterocycles. The smallest absolute Gasteiger partial charge is 0.104 e. The van der Waals surface area contributed by atoms with Crippen LogP contribution in [0, 0.1) is 41.5 Å². The van der Waals surface area contributed by atoms with Gasteiger partial charge in [0.05, 0.1) is 59.1 Å². The number of hydrogen-bond acceptors (Lipinski definition) is 0. The molecule has 10 heteroatoms. The second-order valence-corrected chi connectivity index (χ2v) is 34.8. The van der Waals surface area contributed by atoms with Crippen LogP contribution in [-0.2, 0) is 6.54 Å². The number of rotatable bonds is 45. The van der Waals surface area contributed by atoms with Gasteiger partial charge in [0.1, 0.15) is 6.54 Å². The Morgan fingerprint density at radius 3 is 0.695 bits per heavy atom. The first-order chi connectivity index (χ1) is 50.5. The summed E-state index contributed by atoms with van der Waals surface area (Å²) in [5, 5.41) is 4.80. The third-order valence-corrected chi connectivity index (χ3v) is 25.5. The Labute approximate surface area is 675 Å². The molecule has 0 N–H and O–H groups in total. The van der Waals surface area contributed by atoms with Gasteiger partial charge in [0.15, 0.2) is 0 Å². The number of benzene rings is 7. The van der Waals surface area contributed by atoms with Gasteiger partial charge in [0, 0.05) is 35.7 Å². The highest BCUT2D eigenvalue weighted by atomic mass is 35.5. The number of aryl methyl sites for hydroxylation is 6. The van der Waals surface area contributed by atoms with Gasteiger partial charge in [-0.1, -0.05) is 412 Å². The summed E-state index contributed by atoms with van der Waals surface area (Å²) in [5.74, 6) is 0. The summed E-state index contributed by atoms with van der Waals surface area (Å²) in [7, 11) is 4.74. The van der Waals surface area contributed by atoms with Gasteiger partial charge in [-0.25, -0.2) is 0 Å². The molecule has 0 amide bonds. The molecule has 0 saturated carbocycles. The van der Waals surface area contributed by atoms with Gasteiger partial charge in [-0.05, 0) is 113 Å². The zero-order chi connectivity index (χ0) is 77.1. The van der Waals surface area contributed by atoms with Gasteiger partial charge in [-0.2, -0.15) is 45.4 Å². The molecule has 7 aromatic carbocycles. The van der Waals surface area contributed by atoms with Crippen molar-refractivity contribution in [3.05, 3.63) is 209 Å². The van der Waals surface area contributed by atoms with Crippen molar-refractivity contribution < 1.29 is 8.97 Å². The minimum absolute atomic E-state index is 0.800. The summed E-state index contributed by atoms with van der Waals surface area (Å²) in [4.78, 5) is 0. The second-order valence-electron chi connectivity index (χ2n) is 32.4. The first-order valence-corrected chi connectivity index (χ1v) is 44.4. The molecule has 2 nitrogen and oxygen atoms in total. The molecular formula is C95H144B2Cl6N2. The van der Waals surface area contributed by atoms with Crippen LogP contribution in [0.2, 0.25) is 42.8 Å². The van der Waals surface area contributed by atoms with Crippen LogP contribution < -0.4 is 32.8 Å². The quantitative estimate of drug-likeness (QED) is 0.0203. The fraction of sp³-hybridized carbons (Fsp3) is 0.558. The molecule has 0 unspecified atom stereocenters. The Hall–Kier alpha value is -3.67. The molecule has 0 fully saturated rings. The van der Waals surface area contributed by atoms with Crippen molar-refractivity contribution in [1.82, 2.24) is 0 Å². The van der Waals surface area contributed by atoms with Crippen LogP contribution in [0.3, 0.4) is 0 Å². The molecule has 0 saturated heterocycles. The maximum Gasteiger partial charge on any atom is 0.104 e. The van der Waals surface area contributed by atoms with E-state index >= 15 is 0 Å². The Kier molecular flexibility index (Phi) is 46.2. The topological polar surface area (TPSA) is 0 Å². The predicted octanol–water partition coefficient (Wildman–Crippen LogP) is 28.0. The predicted molar refractivity (Wildman–Crippen MR) is 481 cm³/mol. The van der Waals surface area contributed by atoms with Crippen molar-refractivity contribution in [2.45, 2.75) is 302 Å². The molecule has 0 atom stereocenters. The molecule has 0 bridgehead atoms. The fourth-order valence-electron chi connectivity index (χ4n) is 15.9. The lowest BCUT2D eigenvalue weighted by Gasteiger charge is -2.44. The molecule has 0 aliphatic carbocycles. The highest BCUT2D eigenvalue weighted by molar-refractivity contribution is 7.12. The molecular weight excluding hydrogens is 1400 g/mol. The molecule has 7 aromatic rings. The molecule has 0 aliphatic rings. The van der Waals surface area contributed by atoms with Gasteiger partial charge in [-0.3, -0.25) is 0 Å². The van der Waals surface area contributed by atoms with Gasteiger partial charge in [0.2, 0.25) is 0 Å². The molecule has 582 valence electrons. The van der Waals surface area contributed by atoms with Crippen molar-refractivity contribution >= 4 is 115 Å². The van der Waals surface area contributed by atoms with Crippen LogP contribution in [0.5, 0.6) is 0 Å². The van der Waals surface area contributed by atoms with Crippen molar-refractivity contribution in [2.75, 3.05) is 46.8 Å². The van der Waals surface area contributed by atoms with E-state index in [2.05, 4.69) is 202 Å². The largest absolute Gasteiger partial charge is 0.325 e. The minimum Gasteiger partial charge on any atom is -0.325 e. The molecule has 105 heavy (non-hydrogen) atoms. The van der Waals surface area contributed by atoms with Crippen LogP contribution in [0.15, 0.2) is 140 Å². The normalized spacial score (nSPS) is 11.8. The van der Waals surface area contributed by atoms with Gasteiger partial charge < -0.3 is 8.97 Å². The fourth-order valence-corrected chi connectivity index (χ4v) is 17.1. The van der Waals surface area contributed by atoms with E-state index in [1.807, 2.05) is 41.5 Å². The highest BCUT2D eigenvalue weighted by Crippen LogP contribution is 2.29. The van der Waals surface area contributed by atoms with E-state index < -0.39 is 12.3 Å². The summed E-state index contributed by atoms with van der Waals surface area (Å²) in [6.45, 7) is 36.6. The van der Waals surface area contributed by atoms with Crippen LogP contribution in [-0.4, -0.2) is 68.1 Å². The summed E-state index contributed by atoms with van der Waals surface area (Å²) in [5.41, 5.74) is 15.4. The van der Waals surface area contributed by atoms with Crippen LogP contribution in [0.1, 0.15) is 280 Å². The Bertz CT molecular complexity index is 3050. The Balaban J connectivity index is 0.000000303. The van der Waals surface area contributed by atoms with Crippen molar-refractivity contribution in [1.29, 1.82) is 0 Å². The van der Waals surface area contributed by atoms with Crippen molar-refractivity contribution in [3.8, 4) is 0 Å². The van der Waals surface area contributed by atoms with E-state index in [1.54, 1.807) is 0 Å². The number of unbranched alkanes of at least 4 members (excludes halogenated alkanes) is 23. The first-order valence-electron chi connectivity index (χ1n) is 42.1. The van der Waals surface area contributed by atoms with E-state index in [9.17, 15) is 0 Å². The van der Waals surface area contributed by atoms with Crippen LogP contribution in [0.4, 0.5) is 0 Å². The lowest BCUT2D eigenvalue weighted by atomic mass is 9.14. The first kappa shape index (κ1) is 93.7. The third-order valence-electron chi connectivity index (χ3n) is 23.1. The van der Waals surface area contributed by atoms with Crippen LogP contribution >= 0.6 is 69.6 Å². The monoisotopic (exact) mass is 1540 g/mol. The van der Waals surface area contributed by atoms with Gasteiger partial charge in [-0.15, -0.1) is 0 Å². The average Bonchev–Trinajstić information content (AvgIpc) is 0.752. The summed E-state index contributed by atoms with van der Waals surface area (Å²) < 4.78 is 2.53. The SMILES string of the molecule is CCCCCCCCCCCCCCCC[N+](C)(C)Cc1ccccc1.CCCCCC[B-](c1ccc(C)c(Cl)c1)(c1ccc(C)c(Cl)c1)c1ccc(C)c(Cl)c1.CCCCCC[B-](c1ccc(C)c(Cl)c1)(c1ccc(C)c(Cl)c1)c1ccc(C)c(Cl)c1.CCCC[N+](CCCC)(CCCC)CCCC. The zero-order valence-electron chi connectivity index (χ0n) is 69.0. The summed E-state index contributed by atoms with van der Waals surface area (Å²) in [6, 6.07) is 50.1. The third kappa shape index (κ3) is 31.9.